The zero-order valence-electron chi connectivity index (χ0n) is 17.0. The van der Waals surface area contributed by atoms with Crippen LogP contribution in [0.4, 0.5) is 10.5 Å². The summed E-state index contributed by atoms with van der Waals surface area (Å²) in [4.78, 5) is 23.5. The second-order valence-corrected chi connectivity index (χ2v) is 7.30. The minimum Gasteiger partial charge on any atom is -0.500 e. The van der Waals surface area contributed by atoms with Crippen LogP contribution in [0.25, 0.3) is 5.57 Å². The number of nitro groups is 1. The lowest BCUT2D eigenvalue weighted by molar-refractivity contribution is -0.386. The summed E-state index contributed by atoms with van der Waals surface area (Å²) in [6.45, 7) is 2.54. The summed E-state index contributed by atoms with van der Waals surface area (Å²) >= 11 is 0. The number of carbonyl (C=O) groups excluding carboxylic acids is 1. The van der Waals surface area contributed by atoms with Crippen LogP contribution in [0, 0.1) is 10.1 Å². The zero-order chi connectivity index (χ0) is 22.0. The summed E-state index contributed by atoms with van der Waals surface area (Å²) in [5.41, 5.74) is 2.19. The van der Waals surface area contributed by atoms with Crippen molar-refractivity contribution in [2.45, 2.75) is 31.9 Å². The van der Waals surface area contributed by atoms with Crippen LogP contribution in [-0.2, 0) is 4.74 Å². The number of benzene rings is 2. The molecule has 2 aromatic rings. The number of hydrogen-bond donors (Lipinski definition) is 3. The van der Waals surface area contributed by atoms with Crippen LogP contribution in [0.3, 0.4) is 0 Å². The van der Waals surface area contributed by atoms with Crippen LogP contribution in [0.5, 0.6) is 11.5 Å². The van der Waals surface area contributed by atoms with Crippen LogP contribution >= 0.6 is 0 Å². The number of rotatable bonds is 6. The fourth-order valence-electron chi connectivity index (χ4n) is 4.02. The quantitative estimate of drug-likeness (QED) is 0.480. The van der Waals surface area contributed by atoms with Crippen molar-refractivity contribution in [1.82, 2.24) is 10.6 Å². The maximum absolute atomic E-state index is 12.6. The zero-order valence-corrected chi connectivity index (χ0v) is 17.0. The van der Waals surface area contributed by atoms with E-state index in [1.54, 1.807) is 6.92 Å². The van der Waals surface area contributed by atoms with Crippen molar-refractivity contribution in [2.75, 3.05) is 13.2 Å². The summed E-state index contributed by atoms with van der Waals surface area (Å²) in [6, 6.07) is 11.1. The molecule has 0 bridgehead atoms. The third-order valence-corrected chi connectivity index (χ3v) is 5.35. The van der Waals surface area contributed by atoms with Gasteiger partial charge in [0.2, 0.25) is 5.75 Å². The molecular weight excluding hydrogens is 402 g/mol. The van der Waals surface area contributed by atoms with Crippen molar-refractivity contribution in [1.29, 1.82) is 0 Å². The van der Waals surface area contributed by atoms with Gasteiger partial charge in [-0.2, -0.15) is 0 Å². The number of amides is 2. The van der Waals surface area contributed by atoms with Gasteiger partial charge >= 0.3 is 11.7 Å². The Balaban J connectivity index is 1.92. The molecule has 0 aliphatic carbocycles. The second-order valence-electron chi connectivity index (χ2n) is 7.30. The highest BCUT2D eigenvalue weighted by atomic mass is 16.6. The highest BCUT2D eigenvalue weighted by molar-refractivity contribution is 5.89. The molecule has 2 atom stereocenters. The van der Waals surface area contributed by atoms with Gasteiger partial charge in [-0.25, -0.2) is 4.79 Å². The van der Waals surface area contributed by atoms with Crippen molar-refractivity contribution in [3.8, 4) is 11.5 Å². The first-order valence-electron chi connectivity index (χ1n) is 10.1. The molecular formula is C22H23N3O6. The standard InChI is InChI=1S/C22H23N3O6/c1-2-30-17-12-14(11-15(21(17)26)25(28)29)19-18(13-7-4-3-5-8-13)20(24-22(27)23-19)16-9-6-10-31-16/h3-5,7-8,11-12,16,19,26H,2,6,9-10H2,1H3,(H2,23,24,27)/t16-,19?/m1/s1. The van der Waals surface area contributed by atoms with Crippen LogP contribution in [0.15, 0.2) is 48.2 Å². The smallest absolute Gasteiger partial charge is 0.319 e. The third-order valence-electron chi connectivity index (χ3n) is 5.35. The maximum atomic E-state index is 12.6. The molecule has 0 aromatic heterocycles. The number of nitrogens with zero attached hydrogens (tertiary/aromatic N) is 1. The van der Waals surface area contributed by atoms with E-state index in [0.717, 1.165) is 24.0 Å². The average molecular weight is 425 g/mol. The Morgan fingerprint density at radius 3 is 2.71 bits per heavy atom. The van der Waals surface area contributed by atoms with Gasteiger partial charge in [-0.05, 0) is 37.0 Å². The third kappa shape index (κ3) is 4.04. The Labute approximate surface area is 178 Å². The molecule has 9 nitrogen and oxygen atoms in total. The van der Waals surface area contributed by atoms with E-state index in [9.17, 15) is 20.0 Å². The summed E-state index contributed by atoms with van der Waals surface area (Å²) in [6.07, 6.45) is 1.37. The Bertz CT molecular complexity index is 1030. The number of urea groups is 1. The predicted octanol–water partition coefficient (Wildman–Crippen LogP) is 3.64. The van der Waals surface area contributed by atoms with Crippen molar-refractivity contribution in [3.63, 3.8) is 0 Å². The molecule has 9 heteroatoms. The lowest BCUT2D eigenvalue weighted by Gasteiger charge is -2.33. The Morgan fingerprint density at radius 2 is 2.06 bits per heavy atom. The number of phenols is 1. The van der Waals surface area contributed by atoms with E-state index in [1.165, 1.54) is 12.1 Å². The van der Waals surface area contributed by atoms with Gasteiger partial charge in [0.25, 0.3) is 0 Å². The largest absolute Gasteiger partial charge is 0.500 e. The highest BCUT2D eigenvalue weighted by Crippen LogP contribution is 2.43. The lowest BCUT2D eigenvalue weighted by atomic mass is 9.87. The minimum absolute atomic E-state index is 0.00874. The Hall–Kier alpha value is -3.59. The topological polar surface area (TPSA) is 123 Å². The lowest BCUT2D eigenvalue weighted by Crippen LogP contribution is -2.46. The number of nitrogens with one attached hydrogen (secondary N) is 2. The van der Waals surface area contributed by atoms with Gasteiger partial charge < -0.3 is 25.2 Å². The summed E-state index contributed by atoms with van der Waals surface area (Å²) in [5.74, 6) is -0.550. The van der Waals surface area contributed by atoms with E-state index in [4.69, 9.17) is 9.47 Å². The van der Waals surface area contributed by atoms with E-state index < -0.39 is 28.4 Å². The van der Waals surface area contributed by atoms with E-state index >= 15 is 0 Å². The molecule has 2 heterocycles. The van der Waals surface area contributed by atoms with Crippen LogP contribution in [-0.4, -0.2) is 35.4 Å². The summed E-state index contributed by atoms with van der Waals surface area (Å²) < 4.78 is 11.3. The molecule has 1 fully saturated rings. The number of carbonyl (C=O) groups is 1. The molecule has 2 aliphatic heterocycles. The number of hydrogen-bond acceptors (Lipinski definition) is 6. The monoisotopic (exact) mass is 425 g/mol. The van der Waals surface area contributed by atoms with Crippen LogP contribution in [0.1, 0.15) is 36.9 Å². The average Bonchev–Trinajstić information content (AvgIpc) is 3.30. The molecule has 31 heavy (non-hydrogen) atoms. The molecule has 162 valence electrons. The number of aromatic hydroxyl groups is 1. The first-order chi connectivity index (χ1) is 15.0. The summed E-state index contributed by atoms with van der Waals surface area (Å²) in [7, 11) is 0. The van der Waals surface area contributed by atoms with Gasteiger partial charge in [0.1, 0.15) is 0 Å². The first kappa shape index (κ1) is 20.7. The SMILES string of the molecule is CCOc1cc(C2NC(=O)NC([C@H]3CCCO3)=C2c2ccccc2)cc([N+](=O)[O-])c1O. The van der Waals surface area contributed by atoms with Crippen molar-refractivity contribution in [2.24, 2.45) is 0 Å². The molecule has 2 aliphatic rings. The molecule has 2 aromatic carbocycles. The Kier molecular flexibility index (Phi) is 5.77. The predicted molar refractivity (Wildman–Crippen MR) is 113 cm³/mol. The van der Waals surface area contributed by atoms with Crippen LogP contribution < -0.4 is 15.4 Å². The maximum Gasteiger partial charge on any atom is 0.319 e. The van der Waals surface area contributed by atoms with Gasteiger partial charge in [0, 0.05) is 18.2 Å². The summed E-state index contributed by atoms with van der Waals surface area (Å²) in [5, 5.41) is 27.6. The number of nitro benzene ring substituents is 1. The van der Waals surface area contributed by atoms with Gasteiger partial charge in [-0.15, -0.1) is 0 Å². The minimum atomic E-state index is -0.700. The molecule has 0 spiro atoms. The second kappa shape index (κ2) is 8.65. The fraction of sp³-hybridized carbons (Fsp3) is 0.318. The van der Waals surface area contributed by atoms with Gasteiger partial charge in [0.05, 0.1) is 29.4 Å². The number of phenolic OH excluding ortho intramolecular Hbond substituents is 1. The highest BCUT2D eigenvalue weighted by Gasteiger charge is 2.36. The van der Waals surface area contributed by atoms with Gasteiger partial charge in [-0.1, -0.05) is 30.3 Å². The molecule has 0 saturated carbocycles. The van der Waals surface area contributed by atoms with Gasteiger partial charge in [0.15, 0.2) is 5.75 Å². The molecule has 0 radical (unpaired) electrons. The van der Waals surface area contributed by atoms with E-state index in [0.29, 0.717) is 17.9 Å². The molecule has 2 amide bonds. The van der Waals surface area contributed by atoms with E-state index in [1.807, 2.05) is 30.3 Å². The Morgan fingerprint density at radius 1 is 1.29 bits per heavy atom. The first-order valence-corrected chi connectivity index (χ1v) is 10.1. The van der Waals surface area contributed by atoms with Crippen molar-refractivity contribution >= 4 is 17.3 Å². The van der Waals surface area contributed by atoms with E-state index in [-0.39, 0.29) is 18.5 Å². The van der Waals surface area contributed by atoms with Crippen molar-refractivity contribution in [3.05, 3.63) is 69.4 Å². The van der Waals surface area contributed by atoms with Crippen molar-refractivity contribution < 1.29 is 24.3 Å². The number of ether oxygens (including phenoxy) is 2. The molecule has 1 saturated heterocycles. The van der Waals surface area contributed by atoms with E-state index in [2.05, 4.69) is 10.6 Å². The van der Waals surface area contributed by atoms with Crippen LogP contribution in [0.2, 0.25) is 0 Å². The molecule has 4 rings (SSSR count). The van der Waals surface area contributed by atoms with Gasteiger partial charge in [-0.3, -0.25) is 10.1 Å². The molecule has 1 unspecified atom stereocenters. The molecule has 3 N–H and O–H groups in total. The normalized spacial score (nSPS) is 20.9. The fourth-order valence-corrected chi connectivity index (χ4v) is 4.02.